The molecule has 0 aromatic heterocycles. The van der Waals surface area contributed by atoms with Crippen molar-refractivity contribution in [1.29, 1.82) is 0 Å². The molecule has 0 unspecified atom stereocenters. The Labute approximate surface area is 127 Å². The van der Waals surface area contributed by atoms with Crippen molar-refractivity contribution in [3.63, 3.8) is 0 Å². The van der Waals surface area contributed by atoms with E-state index in [0.717, 1.165) is 44.2 Å². The zero-order valence-electron chi connectivity index (χ0n) is 13.2. The molecule has 0 bridgehead atoms. The van der Waals surface area contributed by atoms with Crippen LogP contribution in [0.5, 0.6) is 0 Å². The fourth-order valence-corrected chi connectivity index (χ4v) is 3.10. The van der Waals surface area contributed by atoms with Gasteiger partial charge in [0.25, 0.3) is 0 Å². The van der Waals surface area contributed by atoms with Crippen molar-refractivity contribution in [1.82, 2.24) is 5.32 Å². The molecule has 1 aromatic carbocycles. The van der Waals surface area contributed by atoms with Crippen molar-refractivity contribution in [3.8, 4) is 0 Å². The molecule has 1 aliphatic rings. The van der Waals surface area contributed by atoms with E-state index in [9.17, 15) is 9.50 Å². The molecule has 21 heavy (non-hydrogen) atoms. The van der Waals surface area contributed by atoms with Gasteiger partial charge in [0.15, 0.2) is 0 Å². The van der Waals surface area contributed by atoms with Crippen LogP contribution in [0, 0.1) is 5.82 Å². The van der Waals surface area contributed by atoms with Crippen molar-refractivity contribution >= 4 is 5.69 Å². The van der Waals surface area contributed by atoms with Crippen LogP contribution >= 0.6 is 0 Å². The second-order valence-corrected chi connectivity index (χ2v) is 6.25. The van der Waals surface area contributed by atoms with Crippen LogP contribution in [0.15, 0.2) is 18.2 Å². The van der Waals surface area contributed by atoms with Gasteiger partial charge in [0.1, 0.15) is 5.82 Å². The van der Waals surface area contributed by atoms with Gasteiger partial charge in [-0.15, -0.1) is 0 Å². The van der Waals surface area contributed by atoms with E-state index in [4.69, 9.17) is 0 Å². The Balaban J connectivity index is 1.99. The summed E-state index contributed by atoms with van der Waals surface area (Å²) in [7, 11) is 1.85. The summed E-state index contributed by atoms with van der Waals surface area (Å²) in [5.41, 5.74) is 0.870. The summed E-state index contributed by atoms with van der Waals surface area (Å²) < 4.78 is 14.3. The van der Waals surface area contributed by atoms with Gasteiger partial charge in [0, 0.05) is 20.1 Å². The van der Waals surface area contributed by atoms with E-state index in [1.165, 1.54) is 0 Å². The number of hydrogen-bond donors (Lipinski definition) is 2. The third-order valence-corrected chi connectivity index (χ3v) is 4.24. The molecule has 0 saturated heterocycles. The van der Waals surface area contributed by atoms with Gasteiger partial charge in [0.2, 0.25) is 0 Å². The van der Waals surface area contributed by atoms with Crippen LogP contribution in [0.2, 0.25) is 0 Å². The molecule has 1 fully saturated rings. The summed E-state index contributed by atoms with van der Waals surface area (Å²) in [6.07, 6.45) is 4.83. The van der Waals surface area contributed by atoms with Crippen molar-refractivity contribution in [2.45, 2.75) is 51.2 Å². The number of nitrogens with one attached hydrogen (secondary N) is 1. The van der Waals surface area contributed by atoms with Gasteiger partial charge >= 0.3 is 0 Å². The molecule has 1 aliphatic carbocycles. The van der Waals surface area contributed by atoms with Gasteiger partial charge in [-0.1, -0.05) is 25.8 Å². The van der Waals surface area contributed by atoms with Gasteiger partial charge in [0.05, 0.1) is 11.3 Å². The third kappa shape index (κ3) is 4.42. The molecule has 0 atom stereocenters. The smallest absolute Gasteiger partial charge is 0.146 e. The first kappa shape index (κ1) is 16.2. The average molecular weight is 294 g/mol. The highest BCUT2D eigenvalue weighted by atomic mass is 19.1. The van der Waals surface area contributed by atoms with E-state index in [2.05, 4.69) is 12.2 Å². The zero-order chi connectivity index (χ0) is 15.3. The van der Waals surface area contributed by atoms with Gasteiger partial charge in [-0.05, 0) is 43.5 Å². The topological polar surface area (TPSA) is 35.5 Å². The maximum absolute atomic E-state index is 14.3. The Morgan fingerprint density at radius 3 is 2.67 bits per heavy atom. The Kier molecular flexibility index (Phi) is 5.59. The molecule has 1 aromatic rings. The summed E-state index contributed by atoms with van der Waals surface area (Å²) in [5.74, 6) is -0.213. The number of halogens is 1. The van der Waals surface area contributed by atoms with E-state index < -0.39 is 5.60 Å². The van der Waals surface area contributed by atoms with Gasteiger partial charge in [-0.25, -0.2) is 4.39 Å². The first-order valence-corrected chi connectivity index (χ1v) is 7.97. The molecule has 0 radical (unpaired) electrons. The SMILES string of the molecule is CCCNCc1ccc(N(C)CC2(O)CCCC2)c(F)c1. The number of hydrogen-bond acceptors (Lipinski definition) is 3. The highest BCUT2D eigenvalue weighted by Crippen LogP contribution is 2.31. The minimum absolute atomic E-state index is 0.213. The lowest BCUT2D eigenvalue weighted by Crippen LogP contribution is -2.39. The summed E-state index contributed by atoms with van der Waals surface area (Å²) in [5, 5.41) is 13.7. The predicted molar refractivity (Wildman–Crippen MR) is 85.1 cm³/mol. The average Bonchev–Trinajstić information content (AvgIpc) is 2.85. The fraction of sp³-hybridized carbons (Fsp3) is 0.647. The molecule has 2 N–H and O–H groups in total. The van der Waals surface area contributed by atoms with Gasteiger partial charge < -0.3 is 15.3 Å². The molecule has 118 valence electrons. The molecule has 0 amide bonds. The lowest BCUT2D eigenvalue weighted by Gasteiger charge is -2.30. The number of anilines is 1. The summed E-state index contributed by atoms with van der Waals surface area (Å²) in [6, 6.07) is 5.36. The molecule has 1 saturated carbocycles. The molecule has 0 spiro atoms. The monoisotopic (exact) mass is 294 g/mol. The van der Waals surface area contributed by atoms with Crippen molar-refractivity contribution in [2.24, 2.45) is 0 Å². The van der Waals surface area contributed by atoms with Gasteiger partial charge in [-0.3, -0.25) is 0 Å². The number of likely N-dealkylation sites (N-methyl/N-ethyl adjacent to an activating group) is 1. The number of nitrogens with zero attached hydrogens (tertiary/aromatic N) is 1. The number of rotatable bonds is 7. The Bertz CT molecular complexity index is 458. The lowest BCUT2D eigenvalue weighted by atomic mass is 10.0. The van der Waals surface area contributed by atoms with Crippen LogP contribution in [0.3, 0.4) is 0 Å². The molecular formula is C17H27FN2O. The first-order valence-electron chi connectivity index (χ1n) is 7.97. The Morgan fingerprint density at radius 1 is 1.33 bits per heavy atom. The van der Waals surface area contributed by atoms with Crippen LogP contribution in [-0.2, 0) is 6.54 Å². The predicted octanol–water partition coefficient (Wildman–Crippen LogP) is 3.07. The molecule has 0 heterocycles. The van der Waals surface area contributed by atoms with Crippen LogP contribution in [0.25, 0.3) is 0 Å². The van der Waals surface area contributed by atoms with Crippen molar-refractivity contribution in [2.75, 3.05) is 25.0 Å². The number of benzene rings is 1. The molecular weight excluding hydrogens is 267 g/mol. The highest BCUT2D eigenvalue weighted by molar-refractivity contribution is 5.49. The van der Waals surface area contributed by atoms with Crippen molar-refractivity contribution in [3.05, 3.63) is 29.6 Å². The zero-order valence-corrected chi connectivity index (χ0v) is 13.2. The van der Waals surface area contributed by atoms with E-state index >= 15 is 0 Å². The second-order valence-electron chi connectivity index (χ2n) is 6.25. The number of aliphatic hydroxyl groups is 1. The van der Waals surface area contributed by atoms with Crippen LogP contribution in [-0.4, -0.2) is 30.8 Å². The minimum atomic E-state index is -0.650. The lowest BCUT2D eigenvalue weighted by molar-refractivity contribution is 0.0558. The van der Waals surface area contributed by atoms with Crippen molar-refractivity contribution < 1.29 is 9.50 Å². The third-order valence-electron chi connectivity index (χ3n) is 4.24. The Morgan fingerprint density at radius 2 is 2.05 bits per heavy atom. The van der Waals surface area contributed by atoms with E-state index in [-0.39, 0.29) is 5.82 Å². The van der Waals surface area contributed by atoms with Gasteiger partial charge in [-0.2, -0.15) is 0 Å². The highest BCUT2D eigenvalue weighted by Gasteiger charge is 2.32. The molecule has 0 aliphatic heterocycles. The molecule has 3 nitrogen and oxygen atoms in total. The maximum atomic E-state index is 14.3. The molecule has 4 heteroatoms. The van der Waals surface area contributed by atoms with Crippen LogP contribution in [0.4, 0.5) is 10.1 Å². The summed E-state index contributed by atoms with van der Waals surface area (Å²) in [6.45, 7) is 4.24. The normalized spacial score (nSPS) is 17.1. The fourth-order valence-electron chi connectivity index (χ4n) is 3.10. The molecule has 2 rings (SSSR count). The largest absolute Gasteiger partial charge is 0.388 e. The quantitative estimate of drug-likeness (QED) is 0.759. The van der Waals surface area contributed by atoms with E-state index in [1.54, 1.807) is 6.07 Å². The van der Waals surface area contributed by atoms with E-state index in [1.807, 2.05) is 24.1 Å². The summed E-state index contributed by atoms with van der Waals surface area (Å²) in [4.78, 5) is 1.84. The second kappa shape index (κ2) is 7.23. The Hall–Kier alpha value is -1.13. The van der Waals surface area contributed by atoms with Crippen LogP contribution in [0.1, 0.15) is 44.6 Å². The summed E-state index contributed by atoms with van der Waals surface area (Å²) >= 11 is 0. The first-order chi connectivity index (χ1) is 10.0. The van der Waals surface area contributed by atoms with Crippen LogP contribution < -0.4 is 10.2 Å². The van der Waals surface area contributed by atoms with E-state index in [0.29, 0.717) is 18.8 Å². The maximum Gasteiger partial charge on any atom is 0.146 e. The standard InChI is InChI=1S/C17H27FN2O/c1-3-10-19-12-14-6-7-16(15(18)11-14)20(2)13-17(21)8-4-5-9-17/h6-7,11,19,21H,3-5,8-10,12-13H2,1-2H3. The minimum Gasteiger partial charge on any atom is -0.388 e.